The van der Waals surface area contributed by atoms with Gasteiger partial charge < -0.3 is 5.11 Å². The van der Waals surface area contributed by atoms with Gasteiger partial charge in [-0.15, -0.1) is 0 Å². The van der Waals surface area contributed by atoms with E-state index < -0.39 is 5.97 Å². The molecule has 0 aliphatic heterocycles. The molecule has 0 fully saturated rings. The van der Waals surface area contributed by atoms with Gasteiger partial charge in [0.1, 0.15) is 0 Å². The molecule has 1 unspecified atom stereocenters. The fraction of sp³-hybridized carbons (Fsp3) is 0.600. The fourth-order valence-corrected chi connectivity index (χ4v) is 1.55. The summed E-state index contributed by atoms with van der Waals surface area (Å²) in [4.78, 5) is 10.4. The summed E-state index contributed by atoms with van der Waals surface area (Å²) in [6.07, 6.45) is 0.816. The molecule has 78 valence electrons. The minimum absolute atomic E-state index is 0.153. The average molecular weight is 196 g/mol. The number of hydrogen-bond acceptors (Lipinski definition) is 2. The number of carboxylic acid groups (broad SMARTS) is 1. The molecule has 0 amide bonds. The van der Waals surface area contributed by atoms with Crippen LogP contribution in [0.2, 0.25) is 0 Å². The van der Waals surface area contributed by atoms with Crippen LogP contribution in [0.3, 0.4) is 0 Å². The smallest absolute Gasteiger partial charge is 0.303 e. The Bertz CT molecular complexity index is 331. The molecule has 1 heterocycles. The second-order valence-corrected chi connectivity index (χ2v) is 3.65. The number of rotatable bonds is 4. The van der Waals surface area contributed by atoms with Crippen molar-refractivity contribution in [2.75, 3.05) is 0 Å². The van der Waals surface area contributed by atoms with Crippen LogP contribution >= 0.6 is 0 Å². The van der Waals surface area contributed by atoms with Crippen LogP contribution in [0, 0.1) is 13.8 Å². The van der Waals surface area contributed by atoms with E-state index in [9.17, 15) is 4.79 Å². The number of carbonyl (C=O) groups is 1. The summed E-state index contributed by atoms with van der Waals surface area (Å²) in [6.45, 7) is 5.91. The highest BCUT2D eigenvalue weighted by molar-refractivity contribution is 5.66. The van der Waals surface area contributed by atoms with Gasteiger partial charge in [0.15, 0.2) is 0 Å². The summed E-state index contributed by atoms with van der Waals surface area (Å²) in [7, 11) is 0. The van der Waals surface area contributed by atoms with Gasteiger partial charge in [0, 0.05) is 18.2 Å². The molecule has 0 saturated carbocycles. The first-order valence-corrected chi connectivity index (χ1v) is 4.75. The van der Waals surface area contributed by atoms with E-state index in [0.29, 0.717) is 6.42 Å². The molecule has 0 bridgehead atoms. The zero-order valence-corrected chi connectivity index (χ0v) is 8.82. The second-order valence-electron chi connectivity index (χ2n) is 3.65. The van der Waals surface area contributed by atoms with Crippen LogP contribution < -0.4 is 0 Å². The number of aliphatic carboxylic acids is 1. The Morgan fingerprint density at radius 2 is 2.29 bits per heavy atom. The molecule has 4 heteroatoms. The van der Waals surface area contributed by atoms with Crippen molar-refractivity contribution in [3.8, 4) is 0 Å². The quantitative estimate of drug-likeness (QED) is 0.800. The number of carboxylic acids is 1. The lowest BCUT2D eigenvalue weighted by molar-refractivity contribution is -0.137. The van der Waals surface area contributed by atoms with Gasteiger partial charge in [0.2, 0.25) is 0 Å². The Morgan fingerprint density at radius 1 is 1.64 bits per heavy atom. The van der Waals surface area contributed by atoms with E-state index in [4.69, 9.17) is 5.11 Å². The Balaban J connectivity index is 2.64. The zero-order valence-electron chi connectivity index (χ0n) is 8.82. The predicted octanol–water partition coefficient (Wildman–Crippen LogP) is 1.93. The van der Waals surface area contributed by atoms with Gasteiger partial charge >= 0.3 is 5.97 Å². The molecule has 0 spiro atoms. The summed E-state index contributed by atoms with van der Waals surface area (Å²) in [5.41, 5.74) is 2.06. The van der Waals surface area contributed by atoms with Crippen LogP contribution in [0.25, 0.3) is 0 Å². The van der Waals surface area contributed by atoms with Crippen LogP contribution in [0.15, 0.2) is 6.07 Å². The van der Waals surface area contributed by atoms with Crippen molar-refractivity contribution in [1.29, 1.82) is 0 Å². The van der Waals surface area contributed by atoms with E-state index in [1.807, 2.05) is 31.5 Å². The molecule has 14 heavy (non-hydrogen) atoms. The standard InChI is InChI=1S/C10H16N2O2/c1-7-6-9(3)12(11-7)8(2)4-5-10(13)14/h6,8H,4-5H2,1-3H3,(H,13,14). The van der Waals surface area contributed by atoms with E-state index >= 15 is 0 Å². The van der Waals surface area contributed by atoms with Gasteiger partial charge in [-0.2, -0.15) is 5.10 Å². The van der Waals surface area contributed by atoms with E-state index in [1.165, 1.54) is 0 Å². The Hall–Kier alpha value is -1.32. The second kappa shape index (κ2) is 4.26. The van der Waals surface area contributed by atoms with Gasteiger partial charge in [-0.1, -0.05) is 0 Å². The minimum atomic E-state index is -0.751. The van der Waals surface area contributed by atoms with Gasteiger partial charge in [0.05, 0.1) is 5.69 Å². The summed E-state index contributed by atoms with van der Waals surface area (Å²) in [5, 5.41) is 12.9. The molecule has 1 aromatic rings. The number of aryl methyl sites for hydroxylation is 2. The minimum Gasteiger partial charge on any atom is -0.481 e. The largest absolute Gasteiger partial charge is 0.481 e. The molecule has 1 atom stereocenters. The summed E-state index contributed by atoms with van der Waals surface area (Å²) < 4.78 is 1.89. The van der Waals surface area contributed by atoms with Crippen LogP contribution in [-0.4, -0.2) is 20.9 Å². The first-order valence-electron chi connectivity index (χ1n) is 4.75. The monoisotopic (exact) mass is 196 g/mol. The zero-order chi connectivity index (χ0) is 10.7. The van der Waals surface area contributed by atoms with E-state index in [2.05, 4.69) is 5.10 Å². The Labute approximate surface area is 83.5 Å². The van der Waals surface area contributed by atoms with E-state index in [-0.39, 0.29) is 12.5 Å². The molecule has 0 aromatic carbocycles. The van der Waals surface area contributed by atoms with Crippen molar-refractivity contribution < 1.29 is 9.90 Å². The molecule has 4 nitrogen and oxygen atoms in total. The molecule has 1 N–H and O–H groups in total. The molecular weight excluding hydrogens is 180 g/mol. The van der Waals surface area contributed by atoms with Gasteiger partial charge in [0.25, 0.3) is 0 Å². The highest BCUT2D eigenvalue weighted by Gasteiger charge is 2.10. The van der Waals surface area contributed by atoms with Crippen molar-refractivity contribution in [3.05, 3.63) is 17.5 Å². The molecule has 0 saturated heterocycles. The first kappa shape index (κ1) is 10.8. The van der Waals surface area contributed by atoms with Crippen LogP contribution in [0.5, 0.6) is 0 Å². The lowest BCUT2D eigenvalue weighted by atomic mass is 10.2. The normalized spacial score (nSPS) is 12.8. The van der Waals surface area contributed by atoms with Gasteiger partial charge in [-0.25, -0.2) is 0 Å². The Morgan fingerprint density at radius 3 is 2.71 bits per heavy atom. The Kier molecular flexibility index (Phi) is 3.28. The average Bonchev–Trinajstić information content (AvgIpc) is 2.41. The third-order valence-corrected chi connectivity index (χ3v) is 2.24. The molecule has 0 radical (unpaired) electrons. The molecule has 1 aromatic heterocycles. The lowest BCUT2D eigenvalue weighted by Gasteiger charge is -2.12. The number of hydrogen-bond donors (Lipinski definition) is 1. The SMILES string of the molecule is Cc1cc(C)n(C(C)CCC(=O)O)n1. The maximum Gasteiger partial charge on any atom is 0.303 e. The number of nitrogens with zero attached hydrogens (tertiary/aromatic N) is 2. The molecule has 1 rings (SSSR count). The van der Waals surface area contributed by atoms with Gasteiger partial charge in [-0.3, -0.25) is 9.48 Å². The van der Waals surface area contributed by atoms with Crippen molar-refractivity contribution >= 4 is 5.97 Å². The highest BCUT2D eigenvalue weighted by atomic mass is 16.4. The van der Waals surface area contributed by atoms with E-state index in [1.54, 1.807) is 0 Å². The summed E-state index contributed by atoms with van der Waals surface area (Å²) >= 11 is 0. The fourth-order valence-electron chi connectivity index (χ4n) is 1.55. The van der Waals surface area contributed by atoms with Crippen molar-refractivity contribution in [2.45, 2.75) is 39.7 Å². The number of aromatic nitrogens is 2. The molecule has 0 aliphatic carbocycles. The summed E-state index contributed by atoms with van der Waals surface area (Å²) in [5.74, 6) is -0.751. The lowest BCUT2D eigenvalue weighted by Crippen LogP contribution is -2.10. The van der Waals surface area contributed by atoms with Crippen molar-refractivity contribution in [3.63, 3.8) is 0 Å². The van der Waals surface area contributed by atoms with Crippen LogP contribution in [0.1, 0.15) is 37.2 Å². The highest BCUT2D eigenvalue weighted by Crippen LogP contribution is 2.15. The van der Waals surface area contributed by atoms with Gasteiger partial charge in [-0.05, 0) is 33.3 Å². The van der Waals surface area contributed by atoms with Crippen LogP contribution in [-0.2, 0) is 4.79 Å². The summed E-state index contributed by atoms with van der Waals surface area (Å²) in [6, 6.07) is 2.15. The topological polar surface area (TPSA) is 55.1 Å². The van der Waals surface area contributed by atoms with E-state index in [0.717, 1.165) is 11.4 Å². The predicted molar refractivity (Wildman–Crippen MR) is 53.3 cm³/mol. The molecular formula is C10H16N2O2. The van der Waals surface area contributed by atoms with Crippen LogP contribution in [0.4, 0.5) is 0 Å². The first-order chi connectivity index (χ1) is 6.50. The third kappa shape index (κ3) is 2.58. The maximum absolute atomic E-state index is 10.4. The third-order valence-electron chi connectivity index (χ3n) is 2.24. The maximum atomic E-state index is 10.4. The van der Waals surface area contributed by atoms with Crippen molar-refractivity contribution in [1.82, 2.24) is 9.78 Å². The molecule has 0 aliphatic rings. The van der Waals surface area contributed by atoms with Crippen molar-refractivity contribution in [2.24, 2.45) is 0 Å².